The van der Waals surface area contributed by atoms with Crippen LogP contribution < -0.4 is 19.5 Å². The number of quaternary nitrogens is 1. The molecule has 1 atom stereocenters. The molecular weight excluding hydrogens is 338 g/mol. The summed E-state index contributed by atoms with van der Waals surface area (Å²) in [5.74, 6) is 2.52. The maximum absolute atomic E-state index is 10.4. The molecule has 1 fully saturated rings. The van der Waals surface area contributed by atoms with Crippen molar-refractivity contribution in [2.45, 2.75) is 32.8 Å². The van der Waals surface area contributed by atoms with Gasteiger partial charge in [0.15, 0.2) is 0 Å². The van der Waals surface area contributed by atoms with Crippen LogP contribution in [0.4, 0.5) is 5.82 Å². The number of hydrogen-bond acceptors (Lipinski definition) is 3. The number of hydrogen-bond donors (Lipinski definition) is 2. The first-order valence-electron chi connectivity index (χ1n) is 9.99. The number of pyridine rings is 1. The fourth-order valence-corrected chi connectivity index (χ4v) is 3.82. The first kappa shape index (κ1) is 19.6. The van der Waals surface area contributed by atoms with E-state index in [4.69, 9.17) is 4.74 Å². The van der Waals surface area contributed by atoms with Gasteiger partial charge in [0.05, 0.1) is 6.20 Å². The van der Waals surface area contributed by atoms with Gasteiger partial charge in [0.1, 0.15) is 51.2 Å². The molecule has 0 spiro atoms. The van der Waals surface area contributed by atoms with E-state index in [-0.39, 0.29) is 0 Å². The molecule has 5 nitrogen and oxygen atoms in total. The lowest BCUT2D eigenvalue weighted by atomic mass is 9.98. The van der Waals surface area contributed by atoms with E-state index in [0.717, 1.165) is 38.5 Å². The Morgan fingerprint density at radius 3 is 2.59 bits per heavy atom. The maximum Gasteiger partial charge on any atom is 0.274 e. The van der Waals surface area contributed by atoms with Gasteiger partial charge in [0.2, 0.25) is 0 Å². The zero-order chi connectivity index (χ0) is 19.2. The lowest BCUT2D eigenvalue weighted by Crippen LogP contribution is -3.16. The number of aliphatic hydroxyl groups excluding tert-OH is 1. The van der Waals surface area contributed by atoms with E-state index < -0.39 is 6.10 Å². The first-order valence-corrected chi connectivity index (χ1v) is 9.99. The molecule has 0 radical (unpaired) electrons. The highest BCUT2D eigenvalue weighted by atomic mass is 16.5. The van der Waals surface area contributed by atoms with Crippen LogP contribution >= 0.6 is 0 Å². The predicted molar refractivity (Wildman–Crippen MR) is 108 cm³/mol. The molecule has 0 unspecified atom stereocenters. The summed E-state index contributed by atoms with van der Waals surface area (Å²) in [7, 11) is 0. The number of aliphatic hydroxyl groups is 1. The van der Waals surface area contributed by atoms with Crippen LogP contribution in [0.1, 0.15) is 30.9 Å². The minimum absolute atomic E-state index is 0.347. The zero-order valence-corrected chi connectivity index (χ0v) is 16.7. The highest BCUT2D eigenvalue weighted by Gasteiger charge is 2.27. The van der Waals surface area contributed by atoms with Crippen LogP contribution in [0, 0.1) is 6.92 Å². The molecule has 0 amide bonds. The van der Waals surface area contributed by atoms with Crippen LogP contribution in [0.3, 0.4) is 0 Å². The number of aryl methyl sites for hydroxylation is 1. The number of nitrogens with one attached hydrogen (secondary N) is 2. The smallest absolute Gasteiger partial charge is 0.274 e. The molecule has 1 aliphatic heterocycles. The fraction of sp³-hybridized carbons (Fsp3) is 0.500. The highest BCUT2D eigenvalue weighted by molar-refractivity contribution is 5.36. The lowest BCUT2D eigenvalue weighted by Gasteiger charge is -2.29. The summed E-state index contributed by atoms with van der Waals surface area (Å²) < 4.78 is 5.84. The predicted octanol–water partition coefficient (Wildman–Crippen LogP) is 1.08. The van der Waals surface area contributed by atoms with Crippen molar-refractivity contribution in [3.8, 4) is 5.75 Å². The third-order valence-electron chi connectivity index (χ3n) is 5.33. The Labute approximate surface area is 162 Å². The summed E-state index contributed by atoms with van der Waals surface area (Å²) in [5.41, 5.74) is 2.59. The second-order valence-electron chi connectivity index (χ2n) is 7.83. The van der Waals surface area contributed by atoms with Crippen molar-refractivity contribution in [3.05, 3.63) is 53.7 Å². The number of aromatic nitrogens is 1. The van der Waals surface area contributed by atoms with Crippen molar-refractivity contribution in [1.29, 1.82) is 0 Å². The van der Waals surface area contributed by atoms with Gasteiger partial charge in [-0.15, -0.1) is 0 Å². The number of aromatic amines is 1. The Morgan fingerprint density at radius 2 is 1.96 bits per heavy atom. The molecular formula is C22H33N3O2+2. The highest BCUT2D eigenvalue weighted by Crippen LogP contribution is 2.23. The number of anilines is 1. The van der Waals surface area contributed by atoms with Crippen LogP contribution in [-0.2, 0) is 0 Å². The second-order valence-corrected chi connectivity index (χ2v) is 7.83. The van der Waals surface area contributed by atoms with Crippen LogP contribution in [-0.4, -0.2) is 50.5 Å². The van der Waals surface area contributed by atoms with Gasteiger partial charge in [-0.3, -0.25) is 4.90 Å². The Balaban J connectivity index is 1.42. The standard InChI is InChI=1S/C22H31N3O2/c1-17(2)21-8-7-20(14-18(21)3)27-16-19(26)15-24-10-12-25(13-11-24)22-6-4-5-9-23-22/h4-9,14,17,19,26H,10-13,15-16H2,1-3H3/p+2/t19-/m1/s1. The third-order valence-corrected chi connectivity index (χ3v) is 5.33. The average Bonchev–Trinajstić information content (AvgIpc) is 2.67. The third kappa shape index (κ3) is 5.44. The van der Waals surface area contributed by atoms with E-state index in [1.807, 2.05) is 18.3 Å². The van der Waals surface area contributed by atoms with Gasteiger partial charge >= 0.3 is 0 Å². The molecule has 1 aromatic carbocycles. The van der Waals surface area contributed by atoms with Crippen molar-refractivity contribution in [2.75, 3.05) is 44.2 Å². The monoisotopic (exact) mass is 371 g/mol. The van der Waals surface area contributed by atoms with E-state index >= 15 is 0 Å². The minimum atomic E-state index is -0.445. The summed E-state index contributed by atoms with van der Waals surface area (Å²) in [5, 5.41) is 10.4. The average molecular weight is 372 g/mol. The number of piperazine rings is 1. The first-order chi connectivity index (χ1) is 13.0. The largest absolute Gasteiger partial charge is 0.491 e. The van der Waals surface area contributed by atoms with Crippen molar-refractivity contribution in [1.82, 2.24) is 0 Å². The number of rotatable bonds is 7. The molecule has 0 saturated carbocycles. The molecule has 1 aliphatic rings. The van der Waals surface area contributed by atoms with Crippen molar-refractivity contribution >= 4 is 5.82 Å². The summed E-state index contributed by atoms with van der Waals surface area (Å²) in [6.45, 7) is 11.7. The van der Waals surface area contributed by atoms with E-state index in [1.54, 1.807) is 0 Å². The molecule has 0 aliphatic carbocycles. The maximum atomic E-state index is 10.4. The van der Waals surface area contributed by atoms with E-state index in [1.165, 1.54) is 21.8 Å². The van der Waals surface area contributed by atoms with Crippen molar-refractivity contribution < 1.29 is 19.7 Å². The Bertz CT molecular complexity index is 713. The van der Waals surface area contributed by atoms with Crippen LogP contribution in [0.15, 0.2) is 42.6 Å². The summed E-state index contributed by atoms with van der Waals surface area (Å²) in [6, 6.07) is 12.4. The number of ether oxygens (including phenoxy) is 1. The van der Waals surface area contributed by atoms with Crippen LogP contribution in [0.5, 0.6) is 5.75 Å². The lowest BCUT2D eigenvalue weighted by molar-refractivity contribution is -0.903. The minimum Gasteiger partial charge on any atom is -0.491 e. The van der Waals surface area contributed by atoms with Gasteiger partial charge in [0.25, 0.3) is 5.82 Å². The van der Waals surface area contributed by atoms with Gasteiger partial charge in [-0.25, -0.2) is 4.98 Å². The number of nitrogens with zero attached hydrogens (tertiary/aromatic N) is 1. The molecule has 1 saturated heterocycles. The topological polar surface area (TPSA) is 51.3 Å². The zero-order valence-electron chi connectivity index (χ0n) is 16.7. The summed E-state index contributed by atoms with van der Waals surface area (Å²) in [6.07, 6.45) is 1.52. The van der Waals surface area contributed by atoms with Gasteiger partial charge < -0.3 is 14.7 Å². The Morgan fingerprint density at radius 1 is 1.19 bits per heavy atom. The molecule has 2 heterocycles. The van der Waals surface area contributed by atoms with Gasteiger partial charge in [0, 0.05) is 6.07 Å². The Hall–Kier alpha value is -2.11. The molecule has 27 heavy (non-hydrogen) atoms. The SMILES string of the molecule is Cc1cc(OC[C@H](O)C[NH+]2CCN(c3cccc[nH+]3)CC2)ccc1C(C)C. The normalized spacial score (nSPS) is 16.6. The summed E-state index contributed by atoms with van der Waals surface area (Å²) in [4.78, 5) is 7.10. The van der Waals surface area contributed by atoms with Crippen LogP contribution in [0.2, 0.25) is 0 Å². The fourth-order valence-electron chi connectivity index (χ4n) is 3.82. The molecule has 3 N–H and O–H groups in total. The molecule has 3 rings (SSSR count). The Kier molecular flexibility index (Phi) is 6.69. The molecule has 0 bridgehead atoms. The number of H-pyrrole nitrogens is 1. The van der Waals surface area contributed by atoms with E-state index in [2.05, 4.69) is 54.9 Å². The van der Waals surface area contributed by atoms with Crippen LogP contribution in [0.25, 0.3) is 0 Å². The molecule has 1 aromatic heterocycles. The molecule has 2 aromatic rings. The van der Waals surface area contributed by atoms with E-state index in [0.29, 0.717) is 12.5 Å². The van der Waals surface area contributed by atoms with Crippen molar-refractivity contribution in [2.24, 2.45) is 0 Å². The van der Waals surface area contributed by atoms with Gasteiger partial charge in [-0.1, -0.05) is 26.0 Å². The van der Waals surface area contributed by atoms with Gasteiger partial charge in [-0.2, -0.15) is 0 Å². The summed E-state index contributed by atoms with van der Waals surface area (Å²) >= 11 is 0. The van der Waals surface area contributed by atoms with Crippen molar-refractivity contribution in [3.63, 3.8) is 0 Å². The second kappa shape index (κ2) is 9.20. The molecule has 5 heteroatoms. The number of benzene rings is 1. The van der Waals surface area contributed by atoms with Gasteiger partial charge in [-0.05, 0) is 42.2 Å². The quantitative estimate of drug-likeness (QED) is 0.766. The molecule has 146 valence electrons. The van der Waals surface area contributed by atoms with E-state index in [9.17, 15) is 5.11 Å².